The zero-order valence-corrected chi connectivity index (χ0v) is 16.6. The highest BCUT2D eigenvalue weighted by Gasteiger charge is 2.35. The third kappa shape index (κ3) is 3.76. The number of halogens is 1. The molecule has 7 heteroatoms. The van der Waals surface area contributed by atoms with Crippen LogP contribution >= 0.6 is 11.6 Å². The summed E-state index contributed by atoms with van der Waals surface area (Å²) in [6, 6.07) is 15.8. The molecule has 3 aromatic rings. The highest BCUT2D eigenvalue weighted by Crippen LogP contribution is 2.22. The maximum Gasteiger partial charge on any atom is 0.268 e. The van der Waals surface area contributed by atoms with E-state index in [1.54, 1.807) is 6.33 Å². The van der Waals surface area contributed by atoms with Crippen LogP contribution in [0.25, 0.3) is 11.0 Å². The number of aromatic nitrogens is 2. The second-order valence-electron chi connectivity index (χ2n) is 6.93. The number of imidazole rings is 1. The molecule has 1 fully saturated rings. The number of aromatic amines is 1. The van der Waals surface area contributed by atoms with Crippen LogP contribution in [-0.4, -0.2) is 57.1 Å². The van der Waals surface area contributed by atoms with Gasteiger partial charge in [-0.05, 0) is 37.1 Å². The molecule has 0 bridgehead atoms. The van der Waals surface area contributed by atoms with Gasteiger partial charge in [0.2, 0.25) is 0 Å². The quantitative estimate of drug-likeness (QED) is 0.513. The smallest absolute Gasteiger partial charge is 0.268 e. The minimum Gasteiger partial charge on any atom is -0.345 e. The van der Waals surface area contributed by atoms with E-state index in [1.165, 1.54) is 5.56 Å². The number of carbonyl (C=O) groups is 1. The Bertz CT molecular complexity index is 944. The van der Waals surface area contributed by atoms with Gasteiger partial charge in [-0.3, -0.25) is 15.1 Å². The molecule has 146 valence electrons. The van der Waals surface area contributed by atoms with Crippen molar-refractivity contribution in [1.82, 2.24) is 25.3 Å². The summed E-state index contributed by atoms with van der Waals surface area (Å²) in [5, 5.41) is 7.28. The lowest BCUT2D eigenvalue weighted by atomic mass is 10.0. The SMILES string of the molecule is CCN(C(=O)c1ccc2nc[nH]c2c1)N1CCNC(Cl)C1Cc1ccccc1. The van der Waals surface area contributed by atoms with E-state index in [4.69, 9.17) is 11.6 Å². The van der Waals surface area contributed by atoms with E-state index < -0.39 is 0 Å². The number of carbonyl (C=O) groups excluding carboxylic acids is 1. The minimum atomic E-state index is -0.231. The number of hydrogen-bond acceptors (Lipinski definition) is 4. The van der Waals surface area contributed by atoms with Crippen molar-refractivity contribution in [3.63, 3.8) is 0 Å². The maximum absolute atomic E-state index is 13.3. The first-order valence-corrected chi connectivity index (χ1v) is 10.0. The van der Waals surface area contributed by atoms with Gasteiger partial charge < -0.3 is 4.98 Å². The van der Waals surface area contributed by atoms with Gasteiger partial charge in [0.05, 0.1) is 23.4 Å². The van der Waals surface area contributed by atoms with Crippen LogP contribution in [0.1, 0.15) is 22.8 Å². The number of benzene rings is 2. The summed E-state index contributed by atoms with van der Waals surface area (Å²) in [6.07, 6.45) is 2.41. The van der Waals surface area contributed by atoms with E-state index in [1.807, 2.05) is 48.3 Å². The van der Waals surface area contributed by atoms with Gasteiger partial charge in [-0.15, -0.1) is 11.6 Å². The number of alkyl halides is 1. The van der Waals surface area contributed by atoms with Crippen LogP contribution in [-0.2, 0) is 6.42 Å². The zero-order chi connectivity index (χ0) is 19.5. The van der Waals surface area contributed by atoms with Crippen molar-refractivity contribution < 1.29 is 4.79 Å². The minimum absolute atomic E-state index is 0.0161. The number of nitrogens with one attached hydrogen (secondary N) is 2. The van der Waals surface area contributed by atoms with Gasteiger partial charge in [-0.25, -0.2) is 9.99 Å². The molecule has 28 heavy (non-hydrogen) atoms. The molecule has 2 N–H and O–H groups in total. The summed E-state index contributed by atoms with van der Waals surface area (Å²) in [4.78, 5) is 20.6. The fourth-order valence-corrected chi connectivity index (χ4v) is 4.12. The fourth-order valence-electron chi connectivity index (χ4n) is 3.79. The molecule has 4 rings (SSSR count). The third-order valence-electron chi connectivity index (χ3n) is 5.20. The summed E-state index contributed by atoms with van der Waals surface area (Å²) in [7, 11) is 0. The first-order chi connectivity index (χ1) is 13.7. The van der Waals surface area contributed by atoms with Gasteiger partial charge in [0.1, 0.15) is 5.50 Å². The number of H-pyrrole nitrogens is 1. The van der Waals surface area contributed by atoms with Crippen molar-refractivity contribution in [2.75, 3.05) is 19.6 Å². The molecule has 1 aliphatic rings. The summed E-state index contributed by atoms with van der Waals surface area (Å²) >= 11 is 6.64. The second-order valence-corrected chi connectivity index (χ2v) is 7.40. The molecule has 2 aromatic carbocycles. The predicted octanol–water partition coefficient (Wildman–Crippen LogP) is 3.02. The Labute approximate surface area is 169 Å². The second kappa shape index (κ2) is 8.31. The molecular weight excluding hydrogens is 374 g/mol. The van der Waals surface area contributed by atoms with Crippen molar-refractivity contribution >= 4 is 28.5 Å². The number of fused-ring (bicyclic) bond motifs is 1. The Balaban J connectivity index is 1.61. The van der Waals surface area contributed by atoms with Crippen LogP contribution in [0.2, 0.25) is 0 Å². The van der Waals surface area contributed by atoms with E-state index in [0.717, 1.165) is 30.5 Å². The average Bonchev–Trinajstić information content (AvgIpc) is 3.19. The monoisotopic (exact) mass is 397 g/mol. The van der Waals surface area contributed by atoms with Gasteiger partial charge >= 0.3 is 0 Å². The lowest BCUT2D eigenvalue weighted by Gasteiger charge is -2.45. The van der Waals surface area contributed by atoms with Crippen molar-refractivity contribution in [1.29, 1.82) is 0 Å². The Kier molecular flexibility index (Phi) is 5.62. The predicted molar refractivity (Wildman–Crippen MR) is 111 cm³/mol. The van der Waals surface area contributed by atoms with Gasteiger partial charge in [0, 0.05) is 25.2 Å². The zero-order valence-electron chi connectivity index (χ0n) is 15.8. The first kappa shape index (κ1) is 18.9. The largest absolute Gasteiger partial charge is 0.345 e. The van der Waals surface area contributed by atoms with Gasteiger partial charge in [-0.1, -0.05) is 30.3 Å². The molecule has 2 atom stereocenters. The number of nitrogens with zero attached hydrogens (tertiary/aromatic N) is 3. The molecule has 2 unspecified atom stereocenters. The van der Waals surface area contributed by atoms with E-state index in [9.17, 15) is 4.79 Å². The van der Waals surface area contributed by atoms with Crippen molar-refractivity contribution in [2.24, 2.45) is 0 Å². The van der Waals surface area contributed by atoms with Crippen LogP contribution in [0.5, 0.6) is 0 Å². The summed E-state index contributed by atoms with van der Waals surface area (Å²) in [5.41, 5.74) is 3.32. The summed E-state index contributed by atoms with van der Waals surface area (Å²) < 4.78 is 0. The Morgan fingerprint density at radius 2 is 2.11 bits per heavy atom. The maximum atomic E-state index is 13.3. The first-order valence-electron chi connectivity index (χ1n) is 9.60. The van der Waals surface area contributed by atoms with Gasteiger partial charge in [0.15, 0.2) is 0 Å². The van der Waals surface area contributed by atoms with Gasteiger partial charge in [-0.2, -0.15) is 0 Å². The Morgan fingerprint density at radius 1 is 1.29 bits per heavy atom. The Morgan fingerprint density at radius 3 is 2.89 bits per heavy atom. The number of hydrogen-bond donors (Lipinski definition) is 2. The fraction of sp³-hybridized carbons (Fsp3) is 0.333. The van der Waals surface area contributed by atoms with Crippen molar-refractivity contribution in [3.8, 4) is 0 Å². The van der Waals surface area contributed by atoms with E-state index in [-0.39, 0.29) is 17.5 Å². The highest BCUT2D eigenvalue weighted by molar-refractivity contribution is 6.20. The molecule has 0 aliphatic carbocycles. The lowest BCUT2D eigenvalue weighted by molar-refractivity contribution is -0.0504. The summed E-state index contributed by atoms with van der Waals surface area (Å²) in [6.45, 7) is 4.04. The van der Waals surface area contributed by atoms with Crippen LogP contribution < -0.4 is 5.32 Å². The van der Waals surface area contributed by atoms with E-state index in [2.05, 4.69) is 32.4 Å². The molecule has 1 amide bonds. The number of rotatable bonds is 5. The molecule has 2 heterocycles. The van der Waals surface area contributed by atoms with Crippen LogP contribution in [0.15, 0.2) is 54.9 Å². The molecule has 0 spiro atoms. The number of amides is 1. The van der Waals surface area contributed by atoms with E-state index in [0.29, 0.717) is 12.1 Å². The van der Waals surface area contributed by atoms with E-state index >= 15 is 0 Å². The molecule has 1 aliphatic heterocycles. The third-order valence-corrected chi connectivity index (χ3v) is 5.64. The molecule has 0 radical (unpaired) electrons. The molecule has 6 nitrogen and oxygen atoms in total. The topological polar surface area (TPSA) is 64.3 Å². The normalized spacial score (nSPS) is 20.4. The van der Waals surface area contributed by atoms with Crippen molar-refractivity contribution in [3.05, 3.63) is 66.0 Å². The van der Waals surface area contributed by atoms with Crippen molar-refractivity contribution in [2.45, 2.75) is 24.9 Å². The molecule has 1 saturated heterocycles. The number of piperazine rings is 1. The Hall–Kier alpha value is -2.41. The van der Waals surface area contributed by atoms with Crippen LogP contribution in [0.3, 0.4) is 0 Å². The molecule has 1 aromatic heterocycles. The van der Waals surface area contributed by atoms with Crippen LogP contribution in [0, 0.1) is 0 Å². The summed E-state index contributed by atoms with van der Waals surface area (Å²) in [5.74, 6) is -0.0252. The molecule has 0 saturated carbocycles. The lowest BCUT2D eigenvalue weighted by Crippen LogP contribution is -2.63. The standard InChI is InChI=1S/C21H24ClN5O/c1-2-26(21(28)16-8-9-17-18(13-16)25-14-24-17)27-11-10-23-20(22)19(27)12-15-6-4-3-5-7-15/h3-9,13-14,19-20,23H,2,10-12H2,1H3,(H,24,25). The molecular formula is C21H24ClN5O. The number of hydrazine groups is 1. The van der Waals surface area contributed by atoms with Crippen LogP contribution in [0.4, 0.5) is 0 Å². The van der Waals surface area contributed by atoms with Gasteiger partial charge in [0.25, 0.3) is 5.91 Å². The average molecular weight is 398 g/mol. The highest BCUT2D eigenvalue weighted by atomic mass is 35.5.